The van der Waals surface area contributed by atoms with Gasteiger partial charge in [0.1, 0.15) is 18.8 Å². The highest BCUT2D eigenvalue weighted by Crippen LogP contribution is 2.32. The molecule has 8 heteroatoms. The zero-order valence-corrected chi connectivity index (χ0v) is 14.7. The minimum Gasteiger partial charge on any atom is -0.486 e. The van der Waals surface area contributed by atoms with Crippen molar-refractivity contribution in [3.05, 3.63) is 53.2 Å². The third-order valence-electron chi connectivity index (χ3n) is 3.84. The van der Waals surface area contributed by atoms with Crippen LogP contribution >= 0.6 is 11.6 Å². The van der Waals surface area contributed by atoms with E-state index in [9.17, 15) is 9.59 Å². The maximum absolute atomic E-state index is 12.1. The van der Waals surface area contributed by atoms with Crippen LogP contribution in [0.1, 0.15) is 10.6 Å². The predicted molar refractivity (Wildman–Crippen MR) is 97.6 cm³/mol. The van der Waals surface area contributed by atoms with E-state index in [0.717, 1.165) is 0 Å². The number of nitrogens with one attached hydrogen (secondary N) is 1. The Balaban J connectivity index is 1.36. The third kappa shape index (κ3) is 3.83. The number of esters is 1. The molecule has 0 saturated heterocycles. The highest BCUT2D eigenvalue weighted by Gasteiger charge is 2.17. The highest BCUT2D eigenvalue weighted by molar-refractivity contribution is 6.31. The van der Waals surface area contributed by atoms with Gasteiger partial charge in [0, 0.05) is 22.2 Å². The van der Waals surface area contributed by atoms with Crippen molar-refractivity contribution in [3.63, 3.8) is 0 Å². The summed E-state index contributed by atoms with van der Waals surface area (Å²) in [7, 11) is 0. The number of carbonyl (C=O) groups is 2. The molecule has 0 spiro atoms. The maximum atomic E-state index is 12.1. The molecule has 4 rings (SSSR count). The van der Waals surface area contributed by atoms with E-state index in [4.69, 9.17) is 30.2 Å². The molecule has 1 aliphatic rings. The number of halogens is 1. The summed E-state index contributed by atoms with van der Waals surface area (Å²) in [4.78, 5) is 24.1. The number of benzene rings is 2. The molecule has 0 bridgehead atoms. The zero-order chi connectivity index (χ0) is 18.8. The molecule has 0 radical (unpaired) electrons. The SMILES string of the molecule is O=C(COC(=O)c1cc2cc(Cl)ccc2o1)Nc1ccc2c(c1)OCCO2. The Kier molecular flexibility index (Phi) is 4.60. The Morgan fingerprint density at radius 2 is 1.85 bits per heavy atom. The standard InChI is InChI=1S/C19H14ClNO6/c20-12-1-3-14-11(7-12)8-17(27-14)19(23)26-10-18(22)21-13-2-4-15-16(9-13)25-6-5-24-15/h1-4,7-9H,5-6,10H2,(H,21,22). The van der Waals surface area contributed by atoms with Crippen molar-refractivity contribution in [2.45, 2.75) is 0 Å². The van der Waals surface area contributed by atoms with Crippen LogP contribution in [-0.4, -0.2) is 31.7 Å². The van der Waals surface area contributed by atoms with Gasteiger partial charge in [-0.05, 0) is 36.4 Å². The van der Waals surface area contributed by atoms with Gasteiger partial charge < -0.3 is 23.9 Å². The number of amides is 1. The van der Waals surface area contributed by atoms with Gasteiger partial charge in [-0.1, -0.05) is 11.6 Å². The minimum absolute atomic E-state index is 0.000559. The lowest BCUT2D eigenvalue weighted by atomic mass is 10.2. The van der Waals surface area contributed by atoms with E-state index in [0.29, 0.717) is 46.4 Å². The van der Waals surface area contributed by atoms with Gasteiger partial charge in [-0.3, -0.25) is 4.79 Å². The second kappa shape index (κ2) is 7.20. The van der Waals surface area contributed by atoms with Gasteiger partial charge in [-0.25, -0.2) is 4.79 Å². The summed E-state index contributed by atoms with van der Waals surface area (Å²) in [5.74, 6) is -0.0501. The molecule has 7 nitrogen and oxygen atoms in total. The van der Waals surface area contributed by atoms with Crippen molar-refractivity contribution in [1.82, 2.24) is 0 Å². The van der Waals surface area contributed by atoms with Gasteiger partial charge in [-0.15, -0.1) is 0 Å². The summed E-state index contributed by atoms with van der Waals surface area (Å²) in [5.41, 5.74) is 1.02. The Morgan fingerprint density at radius 1 is 1.04 bits per heavy atom. The lowest BCUT2D eigenvalue weighted by molar-refractivity contribution is -0.119. The first-order valence-corrected chi connectivity index (χ1v) is 8.52. The average Bonchev–Trinajstić information content (AvgIpc) is 3.09. The predicted octanol–water partition coefficient (Wildman–Crippen LogP) is 3.65. The van der Waals surface area contributed by atoms with Crippen LogP contribution < -0.4 is 14.8 Å². The first kappa shape index (κ1) is 17.2. The second-order valence-electron chi connectivity index (χ2n) is 5.78. The summed E-state index contributed by atoms with van der Waals surface area (Å²) in [6.07, 6.45) is 0. The van der Waals surface area contributed by atoms with Crippen molar-refractivity contribution in [3.8, 4) is 11.5 Å². The molecule has 2 heterocycles. The monoisotopic (exact) mass is 387 g/mol. The summed E-state index contributed by atoms with van der Waals surface area (Å²) in [6.45, 7) is 0.485. The van der Waals surface area contributed by atoms with E-state index < -0.39 is 18.5 Å². The topological polar surface area (TPSA) is 87.0 Å². The molecule has 3 aromatic rings. The molecule has 1 aliphatic heterocycles. The number of fused-ring (bicyclic) bond motifs is 2. The molecule has 1 aromatic heterocycles. The second-order valence-corrected chi connectivity index (χ2v) is 6.21. The van der Waals surface area contributed by atoms with Gasteiger partial charge in [0.2, 0.25) is 5.76 Å². The zero-order valence-electron chi connectivity index (χ0n) is 14.0. The van der Waals surface area contributed by atoms with E-state index >= 15 is 0 Å². The molecule has 0 aliphatic carbocycles. The number of ether oxygens (including phenoxy) is 3. The Bertz CT molecular complexity index is 1030. The van der Waals surface area contributed by atoms with Crippen molar-refractivity contribution >= 4 is 40.1 Å². The van der Waals surface area contributed by atoms with Gasteiger partial charge in [-0.2, -0.15) is 0 Å². The number of furan rings is 1. The number of anilines is 1. The van der Waals surface area contributed by atoms with Gasteiger partial charge >= 0.3 is 5.97 Å². The third-order valence-corrected chi connectivity index (χ3v) is 4.07. The highest BCUT2D eigenvalue weighted by atomic mass is 35.5. The average molecular weight is 388 g/mol. The molecular formula is C19H14ClNO6. The maximum Gasteiger partial charge on any atom is 0.374 e. The van der Waals surface area contributed by atoms with Crippen LogP contribution in [0.15, 0.2) is 46.9 Å². The fourth-order valence-corrected chi connectivity index (χ4v) is 2.82. The lowest BCUT2D eigenvalue weighted by Gasteiger charge is -2.18. The molecule has 0 fully saturated rings. The number of hydrogen-bond acceptors (Lipinski definition) is 6. The smallest absolute Gasteiger partial charge is 0.374 e. The number of carbonyl (C=O) groups excluding carboxylic acids is 2. The van der Waals surface area contributed by atoms with E-state index in [2.05, 4.69) is 5.32 Å². The fourth-order valence-electron chi connectivity index (χ4n) is 2.64. The van der Waals surface area contributed by atoms with E-state index in [1.54, 1.807) is 36.4 Å². The van der Waals surface area contributed by atoms with Crippen LogP contribution in [0.25, 0.3) is 11.0 Å². The van der Waals surface area contributed by atoms with E-state index in [-0.39, 0.29) is 5.76 Å². The van der Waals surface area contributed by atoms with Gasteiger partial charge in [0.15, 0.2) is 18.1 Å². The lowest BCUT2D eigenvalue weighted by Crippen LogP contribution is -2.21. The molecule has 0 saturated carbocycles. The van der Waals surface area contributed by atoms with Crippen LogP contribution in [0.4, 0.5) is 5.69 Å². The molecular weight excluding hydrogens is 374 g/mol. The molecule has 1 N–H and O–H groups in total. The normalized spacial score (nSPS) is 12.6. The molecule has 2 aromatic carbocycles. The Hall–Kier alpha value is -3.19. The van der Waals surface area contributed by atoms with Crippen LogP contribution in [0, 0.1) is 0 Å². The molecule has 27 heavy (non-hydrogen) atoms. The number of hydrogen-bond donors (Lipinski definition) is 1. The number of rotatable bonds is 4. The van der Waals surface area contributed by atoms with Crippen molar-refractivity contribution in [1.29, 1.82) is 0 Å². The molecule has 138 valence electrons. The van der Waals surface area contributed by atoms with Crippen LogP contribution in [0.3, 0.4) is 0 Å². The molecule has 0 unspecified atom stereocenters. The summed E-state index contributed by atoms with van der Waals surface area (Å²) in [5, 5.41) is 3.84. The Labute approximate surface area is 158 Å². The fraction of sp³-hybridized carbons (Fsp3) is 0.158. The van der Waals surface area contributed by atoms with Crippen LogP contribution in [0.2, 0.25) is 5.02 Å². The minimum atomic E-state index is -0.736. The van der Waals surface area contributed by atoms with Crippen molar-refractivity contribution in [2.24, 2.45) is 0 Å². The summed E-state index contributed by atoms with van der Waals surface area (Å²) in [6, 6.07) is 11.5. The van der Waals surface area contributed by atoms with Crippen molar-refractivity contribution in [2.75, 3.05) is 25.1 Å². The van der Waals surface area contributed by atoms with E-state index in [1.807, 2.05) is 0 Å². The van der Waals surface area contributed by atoms with Crippen molar-refractivity contribution < 1.29 is 28.2 Å². The summed E-state index contributed by atoms with van der Waals surface area (Å²) >= 11 is 5.90. The quantitative estimate of drug-likeness (QED) is 0.687. The largest absolute Gasteiger partial charge is 0.486 e. The first-order chi connectivity index (χ1) is 13.1. The van der Waals surface area contributed by atoms with Crippen LogP contribution in [-0.2, 0) is 9.53 Å². The first-order valence-electron chi connectivity index (χ1n) is 8.14. The molecule has 0 atom stereocenters. The van der Waals surface area contributed by atoms with E-state index in [1.165, 1.54) is 6.07 Å². The molecule has 1 amide bonds. The van der Waals surface area contributed by atoms with Crippen LogP contribution in [0.5, 0.6) is 11.5 Å². The van der Waals surface area contributed by atoms with Gasteiger partial charge in [0.05, 0.1) is 0 Å². The van der Waals surface area contributed by atoms with Gasteiger partial charge in [0.25, 0.3) is 5.91 Å². The Morgan fingerprint density at radius 3 is 2.70 bits per heavy atom. The summed E-state index contributed by atoms with van der Waals surface area (Å²) < 4.78 is 21.3.